The summed E-state index contributed by atoms with van der Waals surface area (Å²) in [4.78, 5) is 12.1. The van der Waals surface area contributed by atoms with E-state index in [1.54, 1.807) is 13.0 Å². The summed E-state index contributed by atoms with van der Waals surface area (Å²) in [6.45, 7) is 2.02. The molecular formula is C18H21FN2O4S. The number of amides is 1. The van der Waals surface area contributed by atoms with Gasteiger partial charge in [0, 0.05) is 25.7 Å². The highest BCUT2D eigenvalue weighted by molar-refractivity contribution is 7.89. The van der Waals surface area contributed by atoms with Gasteiger partial charge in [0.05, 0.1) is 17.6 Å². The number of hydrogen-bond acceptors (Lipinski definition) is 4. The monoisotopic (exact) mass is 380 g/mol. The van der Waals surface area contributed by atoms with Crippen LogP contribution in [0.1, 0.15) is 22.8 Å². The van der Waals surface area contributed by atoms with Crippen molar-refractivity contribution in [2.75, 3.05) is 20.7 Å². The molecule has 0 aliphatic heterocycles. The summed E-state index contributed by atoms with van der Waals surface area (Å²) >= 11 is 0. The number of hydrogen-bond donors (Lipinski definition) is 1. The van der Waals surface area contributed by atoms with Crippen molar-refractivity contribution in [1.82, 2.24) is 9.62 Å². The molecule has 0 saturated heterocycles. The Labute approximate surface area is 152 Å². The predicted octanol–water partition coefficient (Wildman–Crippen LogP) is 2.40. The summed E-state index contributed by atoms with van der Waals surface area (Å²) in [5.74, 6) is -0.642. The third-order valence-corrected chi connectivity index (χ3v) is 5.61. The van der Waals surface area contributed by atoms with Crippen LogP contribution < -0.4 is 10.1 Å². The molecule has 1 amide bonds. The van der Waals surface area contributed by atoms with Gasteiger partial charge in [0.2, 0.25) is 10.0 Å². The van der Waals surface area contributed by atoms with Crippen LogP contribution in [-0.4, -0.2) is 39.3 Å². The fourth-order valence-electron chi connectivity index (χ4n) is 2.41. The summed E-state index contributed by atoms with van der Waals surface area (Å²) in [6.07, 6.45) is 0. The van der Waals surface area contributed by atoms with E-state index in [1.807, 2.05) is 0 Å². The van der Waals surface area contributed by atoms with Gasteiger partial charge < -0.3 is 10.1 Å². The Morgan fingerprint density at radius 1 is 1.23 bits per heavy atom. The Kier molecular flexibility index (Phi) is 6.33. The Hall–Kier alpha value is -2.45. The van der Waals surface area contributed by atoms with Gasteiger partial charge in [-0.05, 0) is 31.2 Å². The molecule has 0 saturated carbocycles. The highest BCUT2D eigenvalue weighted by Gasteiger charge is 2.24. The second kappa shape index (κ2) is 8.29. The van der Waals surface area contributed by atoms with Crippen LogP contribution in [0.3, 0.4) is 0 Å². The van der Waals surface area contributed by atoms with Crippen LogP contribution in [0.4, 0.5) is 4.39 Å². The molecule has 0 aliphatic rings. The van der Waals surface area contributed by atoms with Gasteiger partial charge in [-0.2, -0.15) is 4.31 Å². The summed E-state index contributed by atoms with van der Waals surface area (Å²) in [7, 11) is -1.16. The smallest absolute Gasteiger partial charge is 0.255 e. The lowest BCUT2D eigenvalue weighted by molar-refractivity contribution is 0.0952. The van der Waals surface area contributed by atoms with Crippen LogP contribution in [0.2, 0.25) is 0 Å². The second-order valence-electron chi connectivity index (χ2n) is 5.57. The number of ether oxygens (including phenoxy) is 1. The normalized spacial score (nSPS) is 11.4. The van der Waals surface area contributed by atoms with Gasteiger partial charge in [0.25, 0.3) is 5.91 Å². The highest BCUT2D eigenvalue weighted by atomic mass is 32.2. The van der Waals surface area contributed by atoms with E-state index in [9.17, 15) is 17.6 Å². The molecule has 0 bridgehead atoms. The molecule has 1 N–H and O–H groups in total. The van der Waals surface area contributed by atoms with Crippen LogP contribution in [0.5, 0.6) is 5.75 Å². The number of rotatable bonds is 7. The molecule has 0 atom stereocenters. The van der Waals surface area contributed by atoms with Gasteiger partial charge in [-0.1, -0.05) is 18.2 Å². The van der Waals surface area contributed by atoms with Gasteiger partial charge in [-0.15, -0.1) is 0 Å². The van der Waals surface area contributed by atoms with E-state index < -0.39 is 21.7 Å². The number of nitrogens with zero attached hydrogens (tertiary/aromatic N) is 1. The van der Waals surface area contributed by atoms with E-state index in [1.165, 1.54) is 50.6 Å². The minimum atomic E-state index is -3.92. The Bertz CT molecular complexity index is 900. The Morgan fingerprint density at radius 3 is 2.54 bits per heavy atom. The standard InChI is InChI=1S/C18H21FN2O4S/c1-4-20-18(22)15-11-14(9-10-17(15)25-3)26(23,24)21(2)12-13-7-5-6-8-16(13)19/h5-11H,4,12H2,1-3H3,(H,20,22). The van der Waals surface area contributed by atoms with Gasteiger partial charge in [-0.25, -0.2) is 12.8 Å². The lowest BCUT2D eigenvalue weighted by atomic mass is 10.2. The maximum Gasteiger partial charge on any atom is 0.255 e. The van der Waals surface area contributed by atoms with E-state index in [4.69, 9.17) is 4.74 Å². The molecule has 2 rings (SSSR count). The zero-order valence-corrected chi connectivity index (χ0v) is 15.6. The summed E-state index contributed by atoms with van der Waals surface area (Å²) in [5.41, 5.74) is 0.380. The molecule has 6 nitrogen and oxygen atoms in total. The average molecular weight is 380 g/mol. The van der Waals surface area contributed by atoms with Crippen molar-refractivity contribution in [3.63, 3.8) is 0 Å². The Balaban J connectivity index is 2.37. The van der Waals surface area contributed by atoms with Crippen LogP contribution in [-0.2, 0) is 16.6 Å². The average Bonchev–Trinajstić information content (AvgIpc) is 2.63. The third-order valence-electron chi connectivity index (χ3n) is 3.81. The minimum absolute atomic E-state index is 0.0709. The van der Waals surface area contributed by atoms with Gasteiger partial charge in [-0.3, -0.25) is 4.79 Å². The van der Waals surface area contributed by atoms with Crippen molar-refractivity contribution in [2.45, 2.75) is 18.4 Å². The second-order valence-corrected chi connectivity index (χ2v) is 7.62. The molecule has 8 heteroatoms. The van der Waals surface area contributed by atoms with Crippen LogP contribution in [0.15, 0.2) is 47.4 Å². The number of methoxy groups -OCH3 is 1. The first-order valence-electron chi connectivity index (χ1n) is 7.97. The summed E-state index contributed by atoms with van der Waals surface area (Å²) in [6, 6.07) is 10.0. The predicted molar refractivity (Wildman–Crippen MR) is 96.1 cm³/mol. The molecule has 0 spiro atoms. The van der Waals surface area contributed by atoms with E-state index in [2.05, 4.69) is 5.32 Å². The third kappa shape index (κ3) is 4.20. The molecule has 2 aromatic carbocycles. The number of carbonyl (C=O) groups excluding carboxylic acids is 1. The zero-order valence-electron chi connectivity index (χ0n) is 14.8. The van der Waals surface area contributed by atoms with Crippen LogP contribution in [0.25, 0.3) is 0 Å². The molecule has 0 aromatic heterocycles. The number of sulfonamides is 1. The van der Waals surface area contributed by atoms with E-state index in [0.29, 0.717) is 6.54 Å². The number of benzene rings is 2. The summed E-state index contributed by atoms with van der Waals surface area (Å²) in [5, 5.41) is 2.61. The largest absolute Gasteiger partial charge is 0.496 e. The lowest BCUT2D eigenvalue weighted by Crippen LogP contribution is -2.28. The van der Waals surface area contributed by atoms with Crippen LogP contribution >= 0.6 is 0 Å². The number of halogens is 1. The van der Waals surface area contributed by atoms with Crippen molar-refractivity contribution >= 4 is 15.9 Å². The van der Waals surface area contributed by atoms with Crippen molar-refractivity contribution in [2.24, 2.45) is 0 Å². The maximum absolute atomic E-state index is 13.8. The van der Waals surface area contributed by atoms with Crippen molar-refractivity contribution in [3.05, 3.63) is 59.4 Å². The van der Waals surface area contributed by atoms with E-state index in [0.717, 1.165) is 4.31 Å². The van der Waals surface area contributed by atoms with Gasteiger partial charge in [0.15, 0.2) is 0 Å². The van der Waals surface area contributed by atoms with Gasteiger partial charge in [0.1, 0.15) is 11.6 Å². The van der Waals surface area contributed by atoms with Crippen molar-refractivity contribution < 1.29 is 22.3 Å². The van der Waals surface area contributed by atoms with E-state index >= 15 is 0 Å². The van der Waals surface area contributed by atoms with Gasteiger partial charge >= 0.3 is 0 Å². The molecule has 0 radical (unpaired) electrons. The molecule has 0 fully saturated rings. The van der Waals surface area contributed by atoms with Crippen LogP contribution in [0, 0.1) is 5.82 Å². The Morgan fingerprint density at radius 2 is 1.92 bits per heavy atom. The maximum atomic E-state index is 13.8. The minimum Gasteiger partial charge on any atom is -0.496 e. The molecule has 0 unspecified atom stereocenters. The molecule has 140 valence electrons. The first-order valence-corrected chi connectivity index (χ1v) is 9.41. The SMILES string of the molecule is CCNC(=O)c1cc(S(=O)(=O)N(C)Cc2ccccc2F)ccc1OC. The number of nitrogens with one attached hydrogen (secondary N) is 1. The number of carbonyl (C=O) groups is 1. The first-order chi connectivity index (χ1) is 12.3. The fourth-order valence-corrected chi connectivity index (χ4v) is 3.59. The summed E-state index contributed by atoms with van der Waals surface area (Å²) < 4.78 is 45.6. The fraction of sp³-hybridized carbons (Fsp3) is 0.278. The molecule has 0 aliphatic carbocycles. The highest BCUT2D eigenvalue weighted by Crippen LogP contribution is 2.25. The zero-order chi connectivity index (χ0) is 19.3. The molecule has 2 aromatic rings. The van der Waals surface area contributed by atoms with Crippen molar-refractivity contribution in [3.8, 4) is 5.75 Å². The lowest BCUT2D eigenvalue weighted by Gasteiger charge is -2.19. The molecule has 0 heterocycles. The quantitative estimate of drug-likeness (QED) is 0.800. The molecular weight excluding hydrogens is 359 g/mol. The molecule has 26 heavy (non-hydrogen) atoms. The topological polar surface area (TPSA) is 75.7 Å². The van der Waals surface area contributed by atoms with E-state index in [-0.39, 0.29) is 28.3 Å². The van der Waals surface area contributed by atoms with Crippen molar-refractivity contribution in [1.29, 1.82) is 0 Å². The first kappa shape index (κ1) is 19.9.